The van der Waals surface area contributed by atoms with Crippen molar-refractivity contribution in [2.24, 2.45) is 0 Å². The predicted molar refractivity (Wildman–Crippen MR) is 69.5 cm³/mol. The first-order valence-electron chi connectivity index (χ1n) is 5.62. The van der Waals surface area contributed by atoms with Crippen LogP contribution in [0.4, 0.5) is 5.00 Å². The molecule has 1 aromatic rings. The summed E-state index contributed by atoms with van der Waals surface area (Å²) in [7, 11) is -2.91. The first-order chi connectivity index (χ1) is 8.46. The molecule has 1 fully saturated rings. The quantitative estimate of drug-likeness (QED) is 0.667. The molecule has 1 aromatic heterocycles. The van der Waals surface area contributed by atoms with Gasteiger partial charge in [0.25, 0.3) is 0 Å². The van der Waals surface area contributed by atoms with E-state index in [0.29, 0.717) is 13.0 Å². The summed E-state index contributed by atoms with van der Waals surface area (Å²) in [6, 6.07) is 1.48. The molecule has 1 aliphatic heterocycles. The third-order valence-electron chi connectivity index (χ3n) is 2.88. The van der Waals surface area contributed by atoms with Crippen molar-refractivity contribution >= 4 is 26.2 Å². The monoisotopic (exact) mass is 290 g/mol. The average Bonchev–Trinajstić information content (AvgIpc) is 2.74. The van der Waals surface area contributed by atoms with Crippen LogP contribution in [-0.2, 0) is 16.4 Å². The van der Waals surface area contributed by atoms with E-state index in [2.05, 4.69) is 5.32 Å². The van der Waals surface area contributed by atoms with E-state index in [1.807, 2.05) is 0 Å². The molecule has 0 amide bonds. The molecule has 1 unspecified atom stereocenters. The fraction of sp³-hybridized carbons (Fsp3) is 0.600. The van der Waals surface area contributed by atoms with Crippen molar-refractivity contribution in [1.29, 1.82) is 0 Å². The maximum atomic E-state index is 11.4. The Hall–Kier alpha value is -0.990. The fourth-order valence-corrected chi connectivity index (χ4v) is 4.40. The van der Waals surface area contributed by atoms with Gasteiger partial charge in [0.15, 0.2) is 9.84 Å². The molecule has 1 aliphatic rings. The van der Waals surface area contributed by atoms with Gasteiger partial charge in [-0.1, -0.05) is 11.3 Å². The lowest BCUT2D eigenvalue weighted by atomic mass is 10.2. The second-order valence-corrected chi connectivity index (χ2v) is 7.50. The highest BCUT2D eigenvalue weighted by molar-refractivity contribution is 7.91. The van der Waals surface area contributed by atoms with Gasteiger partial charge in [-0.05, 0) is 18.4 Å². The van der Waals surface area contributed by atoms with Crippen molar-refractivity contribution in [1.82, 2.24) is 5.32 Å². The fourth-order valence-electron chi connectivity index (χ4n) is 2.00. The smallest absolute Gasteiger partial charge is 0.309 e. The van der Waals surface area contributed by atoms with Crippen LogP contribution in [0, 0.1) is 10.1 Å². The molecule has 0 saturated carbocycles. The lowest BCUT2D eigenvalue weighted by Crippen LogP contribution is -2.39. The normalized spacial score (nSPS) is 22.8. The van der Waals surface area contributed by atoms with Crippen molar-refractivity contribution in [3.63, 3.8) is 0 Å². The van der Waals surface area contributed by atoms with Gasteiger partial charge in [-0.3, -0.25) is 10.1 Å². The number of hydrogen-bond acceptors (Lipinski definition) is 6. The van der Waals surface area contributed by atoms with Gasteiger partial charge in [-0.25, -0.2) is 8.42 Å². The Labute approximate surface area is 109 Å². The molecule has 8 heteroatoms. The largest absolute Gasteiger partial charge is 0.324 e. The zero-order chi connectivity index (χ0) is 13.2. The number of hydrogen-bond donors (Lipinski definition) is 1. The summed E-state index contributed by atoms with van der Waals surface area (Å²) in [5.74, 6) is 0.439. The zero-order valence-corrected chi connectivity index (χ0v) is 11.3. The van der Waals surface area contributed by atoms with E-state index in [0.717, 1.165) is 23.3 Å². The van der Waals surface area contributed by atoms with E-state index in [9.17, 15) is 18.5 Å². The molecule has 1 saturated heterocycles. The van der Waals surface area contributed by atoms with Gasteiger partial charge in [0.1, 0.15) is 0 Å². The van der Waals surface area contributed by atoms with Crippen molar-refractivity contribution in [3.8, 4) is 0 Å². The highest BCUT2D eigenvalue weighted by atomic mass is 32.2. The third-order valence-corrected chi connectivity index (χ3v) is 5.63. The maximum absolute atomic E-state index is 11.4. The van der Waals surface area contributed by atoms with Gasteiger partial charge in [-0.15, -0.1) is 0 Å². The van der Waals surface area contributed by atoms with Gasteiger partial charge in [0, 0.05) is 24.0 Å². The minimum atomic E-state index is -2.91. The second-order valence-electron chi connectivity index (χ2n) is 4.38. The van der Waals surface area contributed by atoms with E-state index in [1.54, 1.807) is 5.38 Å². The van der Waals surface area contributed by atoms with Crippen molar-refractivity contribution in [3.05, 3.63) is 27.1 Å². The molecule has 0 aliphatic carbocycles. The Bertz CT molecular complexity index is 538. The standard InChI is InChI=1S/C10H14N2O4S2/c13-12(14)10-4-8(6-17-10)5-11-9-2-1-3-18(15,16)7-9/h4,6,9,11H,1-3,5,7H2. The third kappa shape index (κ3) is 3.50. The highest BCUT2D eigenvalue weighted by Crippen LogP contribution is 2.22. The average molecular weight is 290 g/mol. The van der Waals surface area contributed by atoms with Crippen molar-refractivity contribution in [2.45, 2.75) is 25.4 Å². The molecule has 1 N–H and O–H groups in total. The lowest BCUT2D eigenvalue weighted by molar-refractivity contribution is -0.380. The highest BCUT2D eigenvalue weighted by Gasteiger charge is 2.24. The molecule has 6 nitrogen and oxygen atoms in total. The Morgan fingerprint density at radius 1 is 1.56 bits per heavy atom. The molecule has 2 heterocycles. The van der Waals surface area contributed by atoms with Crippen LogP contribution in [0.25, 0.3) is 0 Å². The Kier molecular flexibility index (Phi) is 3.98. The molecule has 2 rings (SSSR count). The van der Waals surface area contributed by atoms with Gasteiger partial charge >= 0.3 is 5.00 Å². The topological polar surface area (TPSA) is 89.3 Å². The molecule has 100 valence electrons. The van der Waals surface area contributed by atoms with Gasteiger partial charge < -0.3 is 5.32 Å². The van der Waals surface area contributed by atoms with Gasteiger partial charge in [0.2, 0.25) is 0 Å². The van der Waals surface area contributed by atoms with E-state index < -0.39 is 14.8 Å². The molecule has 0 bridgehead atoms. The maximum Gasteiger partial charge on any atom is 0.324 e. The summed E-state index contributed by atoms with van der Waals surface area (Å²) >= 11 is 1.09. The SMILES string of the molecule is O=[N+]([O-])c1cc(CNC2CCCS(=O)(=O)C2)cs1. The number of nitrogens with zero attached hydrogens (tertiary/aromatic N) is 1. The minimum Gasteiger partial charge on any atom is -0.309 e. The summed E-state index contributed by atoms with van der Waals surface area (Å²) in [5.41, 5.74) is 0.828. The zero-order valence-electron chi connectivity index (χ0n) is 9.66. The Morgan fingerprint density at radius 3 is 2.94 bits per heavy atom. The lowest BCUT2D eigenvalue weighted by Gasteiger charge is -2.22. The minimum absolute atomic E-state index is 0.0392. The molecular weight excluding hydrogens is 276 g/mol. The van der Waals surface area contributed by atoms with Crippen LogP contribution in [0.1, 0.15) is 18.4 Å². The van der Waals surface area contributed by atoms with Crippen LogP contribution in [0.5, 0.6) is 0 Å². The first-order valence-corrected chi connectivity index (χ1v) is 8.32. The summed E-state index contributed by atoms with van der Waals surface area (Å²) < 4.78 is 22.9. The van der Waals surface area contributed by atoms with Crippen LogP contribution < -0.4 is 5.32 Å². The second kappa shape index (κ2) is 5.33. The van der Waals surface area contributed by atoms with Crippen LogP contribution >= 0.6 is 11.3 Å². The van der Waals surface area contributed by atoms with Crippen molar-refractivity contribution < 1.29 is 13.3 Å². The summed E-state index contributed by atoms with van der Waals surface area (Å²) in [6.45, 7) is 0.477. The van der Waals surface area contributed by atoms with E-state index in [-0.39, 0.29) is 22.5 Å². The van der Waals surface area contributed by atoms with E-state index >= 15 is 0 Å². The number of nitrogens with one attached hydrogen (secondary N) is 1. The van der Waals surface area contributed by atoms with Crippen LogP contribution in [0.2, 0.25) is 0 Å². The van der Waals surface area contributed by atoms with E-state index in [4.69, 9.17) is 0 Å². The van der Waals surface area contributed by atoms with Crippen LogP contribution in [0.3, 0.4) is 0 Å². The predicted octanol–water partition coefficient (Wildman–Crippen LogP) is 1.32. The van der Waals surface area contributed by atoms with Gasteiger partial charge in [-0.2, -0.15) is 0 Å². The Morgan fingerprint density at radius 2 is 2.33 bits per heavy atom. The van der Waals surface area contributed by atoms with Crippen molar-refractivity contribution in [2.75, 3.05) is 11.5 Å². The van der Waals surface area contributed by atoms with E-state index in [1.165, 1.54) is 6.07 Å². The molecule has 0 radical (unpaired) electrons. The van der Waals surface area contributed by atoms with Crippen LogP contribution in [0.15, 0.2) is 11.4 Å². The summed E-state index contributed by atoms with van der Waals surface area (Å²) in [5, 5.41) is 15.5. The molecule has 18 heavy (non-hydrogen) atoms. The molecular formula is C10H14N2O4S2. The number of rotatable bonds is 4. The summed E-state index contributed by atoms with van der Waals surface area (Å²) in [6.07, 6.45) is 1.52. The summed E-state index contributed by atoms with van der Waals surface area (Å²) in [4.78, 5) is 10.1. The molecule has 0 spiro atoms. The van der Waals surface area contributed by atoms with Gasteiger partial charge in [0.05, 0.1) is 16.4 Å². The number of sulfone groups is 1. The van der Waals surface area contributed by atoms with Crippen LogP contribution in [-0.4, -0.2) is 30.9 Å². The number of nitro groups is 1. The molecule has 0 aromatic carbocycles. The first kappa shape index (κ1) is 13.4. The number of thiophene rings is 1. The Balaban J connectivity index is 1.89. The molecule has 1 atom stereocenters.